The molecule has 1 N–H and O–H groups in total. The van der Waals surface area contributed by atoms with E-state index in [1.54, 1.807) is 6.92 Å². The van der Waals surface area contributed by atoms with Crippen molar-refractivity contribution in [2.24, 2.45) is 0 Å². The quantitative estimate of drug-likeness (QED) is 0.880. The number of hydrogen-bond acceptors (Lipinski definition) is 2. The Bertz CT molecular complexity index is 602. The van der Waals surface area contributed by atoms with Gasteiger partial charge in [0, 0.05) is 13.0 Å². The van der Waals surface area contributed by atoms with E-state index in [0.29, 0.717) is 6.61 Å². The van der Waals surface area contributed by atoms with Gasteiger partial charge in [0.1, 0.15) is 5.75 Å². The van der Waals surface area contributed by atoms with E-state index in [4.69, 9.17) is 4.74 Å². The molecule has 3 nitrogen and oxygen atoms in total. The smallest absolute Gasteiger partial charge is 0.217 e. The molecule has 0 spiro atoms. The first-order valence-corrected chi connectivity index (χ1v) is 7.67. The summed E-state index contributed by atoms with van der Waals surface area (Å²) in [5.41, 5.74) is 3.57. The Morgan fingerprint density at radius 2 is 1.59 bits per heavy atom. The molecule has 3 heteroatoms. The van der Waals surface area contributed by atoms with Crippen LogP contribution in [0.5, 0.6) is 5.75 Å². The van der Waals surface area contributed by atoms with Gasteiger partial charge in [-0.3, -0.25) is 4.79 Å². The predicted molar refractivity (Wildman–Crippen MR) is 90.0 cm³/mol. The molecule has 0 radical (unpaired) electrons. The van der Waals surface area contributed by atoms with E-state index in [1.807, 2.05) is 26.0 Å². The van der Waals surface area contributed by atoms with Crippen LogP contribution < -0.4 is 10.1 Å². The minimum absolute atomic E-state index is 0.0125. The number of amides is 1. The Labute approximate surface area is 132 Å². The van der Waals surface area contributed by atoms with Gasteiger partial charge in [-0.15, -0.1) is 0 Å². The van der Waals surface area contributed by atoms with Gasteiger partial charge >= 0.3 is 0 Å². The van der Waals surface area contributed by atoms with E-state index < -0.39 is 0 Å². The van der Waals surface area contributed by atoms with Gasteiger partial charge in [-0.1, -0.05) is 36.4 Å². The molecule has 0 saturated heterocycles. The van der Waals surface area contributed by atoms with Crippen molar-refractivity contribution in [3.63, 3.8) is 0 Å². The average Bonchev–Trinajstić information content (AvgIpc) is 2.48. The second-order valence-electron chi connectivity index (χ2n) is 5.46. The highest BCUT2D eigenvalue weighted by atomic mass is 16.5. The highest BCUT2D eigenvalue weighted by molar-refractivity contribution is 5.73. The summed E-state index contributed by atoms with van der Waals surface area (Å²) in [6, 6.07) is 16.7. The molecule has 2 aromatic carbocycles. The van der Waals surface area contributed by atoms with E-state index in [1.165, 1.54) is 16.7 Å². The average molecular weight is 297 g/mol. The van der Waals surface area contributed by atoms with Crippen LogP contribution >= 0.6 is 0 Å². The van der Waals surface area contributed by atoms with Gasteiger partial charge in [-0.25, -0.2) is 0 Å². The first kappa shape index (κ1) is 16.1. The largest absolute Gasteiger partial charge is 0.494 e. The van der Waals surface area contributed by atoms with Gasteiger partial charge in [-0.2, -0.15) is 0 Å². The minimum Gasteiger partial charge on any atom is -0.494 e. The number of rotatable bonds is 6. The molecule has 0 aliphatic rings. The first-order valence-electron chi connectivity index (χ1n) is 7.67. The van der Waals surface area contributed by atoms with E-state index >= 15 is 0 Å². The molecule has 0 aromatic heterocycles. The summed E-state index contributed by atoms with van der Waals surface area (Å²) in [6.45, 7) is 6.22. The van der Waals surface area contributed by atoms with Crippen molar-refractivity contribution in [2.75, 3.05) is 6.61 Å². The second kappa shape index (κ2) is 7.64. The normalized spacial score (nSPS) is 11.8. The maximum atomic E-state index is 11.0. The molecule has 0 aliphatic carbocycles. The molecule has 0 saturated carbocycles. The van der Waals surface area contributed by atoms with Crippen molar-refractivity contribution >= 4 is 5.91 Å². The fourth-order valence-electron chi connectivity index (χ4n) is 2.50. The van der Waals surface area contributed by atoms with Crippen LogP contribution in [0.4, 0.5) is 0 Å². The molecule has 1 amide bonds. The molecule has 2 aromatic rings. The highest BCUT2D eigenvalue weighted by Gasteiger charge is 2.05. The van der Waals surface area contributed by atoms with Gasteiger partial charge < -0.3 is 10.1 Å². The predicted octanol–water partition coefficient (Wildman–Crippen LogP) is 3.82. The summed E-state index contributed by atoms with van der Waals surface area (Å²) in [4.78, 5) is 11.0. The Hall–Kier alpha value is -2.29. The lowest BCUT2D eigenvalue weighted by Gasteiger charge is -2.12. The van der Waals surface area contributed by atoms with Crippen molar-refractivity contribution in [2.45, 2.75) is 33.2 Å². The molecule has 0 aliphatic heterocycles. The molecule has 22 heavy (non-hydrogen) atoms. The van der Waals surface area contributed by atoms with Crippen molar-refractivity contribution < 1.29 is 9.53 Å². The highest BCUT2D eigenvalue weighted by Crippen LogP contribution is 2.23. The Kier molecular flexibility index (Phi) is 5.59. The van der Waals surface area contributed by atoms with Crippen molar-refractivity contribution in [1.29, 1.82) is 0 Å². The third kappa shape index (κ3) is 4.62. The number of ether oxygens (including phenoxy) is 1. The number of hydrogen-bond donors (Lipinski definition) is 1. The molecule has 0 fully saturated rings. The summed E-state index contributed by atoms with van der Waals surface area (Å²) in [5.74, 6) is 0.908. The van der Waals surface area contributed by atoms with Crippen LogP contribution in [0.25, 0.3) is 11.1 Å². The Balaban J connectivity index is 2.03. The SMILES string of the molecule is CCOc1ccc(-c2ccc(CC(C)NC(C)=O)cc2)cc1. The summed E-state index contributed by atoms with van der Waals surface area (Å²) in [7, 11) is 0. The van der Waals surface area contributed by atoms with Crippen LogP contribution in [-0.2, 0) is 11.2 Å². The van der Waals surface area contributed by atoms with Crippen LogP contribution in [0.2, 0.25) is 0 Å². The van der Waals surface area contributed by atoms with E-state index in [0.717, 1.165) is 12.2 Å². The molecule has 1 unspecified atom stereocenters. The maximum absolute atomic E-state index is 11.0. The molecular formula is C19H23NO2. The monoisotopic (exact) mass is 297 g/mol. The maximum Gasteiger partial charge on any atom is 0.217 e. The van der Waals surface area contributed by atoms with Crippen LogP contribution in [0.1, 0.15) is 26.3 Å². The second-order valence-corrected chi connectivity index (χ2v) is 5.46. The minimum atomic E-state index is 0.0125. The third-order valence-electron chi connectivity index (χ3n) is 3.44. The Morgan fingerprint density at radius 1 is 1.05 bits per heavy atom. The van der Waals surface area contributed by atoms with Crippen molar-refractivity contribution in [3.05, 3.63) is 54.1 Å². The molecule has 1 atom stereocenters. The molecular weight excluding hydrogens is 274 g/mol. The number of carbonyl (C=O) groups excluding carboxylic acids is 1. The number of nitrogens with one attached hydrogen (secondary N) is 1. The Morgan fingerprint density at radius 3 is 2.09 bits per heavy atom. The number of carbonyl (C=O) groups is 1. The lowest BCUT2D eigenvalue weighted by molar-refractivity contribution is -0.119. The summed E-state index contributed by atoms with van der Waals surface area (Å²) >= 11 is 0. The zero-order valence-electron chi connectivity index (χ0n) is 13.4. The first-order chi connectivity index (χ1) is 10.6. The van der Waals surface area contributed by atoms with Gasteiger partial charge in [0.05, 0.1) is 6.61 Å². The van der Waals surface area contributed by atoms with Crippen LogP contribution in [0.15, 0.2) is 48.5 Å². The van der Waals surface area contributed by atoms with Gasteiger partial charge in [0.25, 0.3) is 0 Å². The van der Waals surface area contributed by atoms with Crippen molar-refractivity contribution in [3.8, 4) is 16.9 Å². The molecule has 116 valence electrons. The topological polar surface area (TPSA) is 38.3 Å². The van der Waals surface area contributed by atoms with E-state index in [2.05, 4.69) is 41.7 Å². The molecule has 2 rings (SSSR count). The van der Waals surface area contributed by atoms with E-state index in [-0.39, 0.29) is 11.9 Å². The summed E-state index contributed by atoms with van der Waals surface area (Å²) in [5, 5.41) is 2.90. The van der Waals surface area contributed by atoms with E-state index in [9.17, 15) is 4.79 Å². The summed E-state index contributed by atoms with van der Waals surface area (Å²) < 4.78 is 5.46. The zero-order valence-corrected chi connectivity index (χ0v) is 13.4. The lowest BCUT2D eigenvalue weighted by atomic mass is 10.0. The zero-order chi connectivity index (χ0) is 15.9. The standard InChI is InChI=1S/C19H23NO2/c1-4-22-19-11-9-18(10-12-19)17-7-5-16(6-8-17)13-14(2)20-15(3)21/h5-12,14H,4,13H2,1-3H3,(H,20,21). The lowest BCUT2D eigenvalue weighted by Crippen LogP contribution is -2.31. The van der Waals surface area contributed by atoms with Crippen LogP contribution in [-0.4, -0.2) is 18.6 Å². The fraction of sp³-hybridized carbons (Fsp3) is 0.316. The van der Waals surface area contributed by atoms with Crippen LogP contribution in [0.3, 0.4) is 0 Å². The third-order valence-corrected chi connectivity index (χ3v) is 3.44. The van der Waals surface area contributed by atoms with Gasteiger partial charge in [-0.05, 0) is 49.1 Å². The molecule has 0 heterocycles. The number of benzene rings is 2. The molecule has 0 bridgehead atoms. The van der Waals surface area contributed by atoms with Gasteiger partial charge in [0.15, 0.2) is 0 Å². The fourth-order valence-corrected chi connectivity index (χ4v) is 2.50. The van der Waals surface area contributed by atoms with Gasteiger partial charge in [0.2, 0.25) is 5.91 Å². The summed E-state index contributed by atoms with van der Waals surface area (Å²) in [6.07, 6.45) is 0.836. The van der Waals surface area contributed by atoms with Crippen LogP contribution in [0, 0.1) is 0 Å². The van der Waals surface area contributed by atoms with Crippen molar-refractivity contribution in [1.82, 2.24) is 5.32 Å².